The second-order valence-electron chi connectivity index (χ2n) is 4.50. The van der Waals surface area contributed by atoms with Crippen LogP contribution in [-0.4, -0.2) is 17.9 Å². The third kappa shape index (κ3) is 4.55. The van der Waals surface area contributed by atoms with Crippen LogP contribution in [-0.2, 0) is 6.54 Å². The van der Waals surface area contributed by atoms with Crippen molar-refractivity contribution in [3.63, 3.8) is 0 Å². The molecule has 116 valence electrons. The molecule has 0 heterocycles. The van der Waals surface area contributed by atoms with Crippen LogP contribution >= 0.6 is 23.2 Å². The van der Waals surface area contributed by atoms with Crippen LogP contribution in [0.5, 0.6) is 11.5 Å². The average molecular weight is 339 g/mol. The summed E-state index contributed by atoms with van der Waals surface area (Å²) in [5.74, 6) is 0.281. The first-order valence-electron chi connectivity index (χ1n) is 6.76. The summed E-state index contributed by atoms with van der Waals surface area (Å²) in [6.07, 6.45) is 1.61. The Morgan fingerprint density at radius 2 is 1.95 bits per heavy atom. The molecule has 4 nitrogen and oxygen atoms in total. The van der Waals surface area contributed by atoms with Crippen LogP contribution in [0.25, 0.3) is 0 Å². The molecule has 0 aromatic heterocycles. The number of hydrogen-bond acceptors (Lipinski definition) is 4. The maximum atomic E-state index is 9.77. The molecule has 2 aromatic carbocycles. The zero-order valence-corrected chi connectivity index (χ0v) is 13.5. The molecule has 0 aliphatic heterocycles. The van der Waals surface area contributed by atoms with Crippen molar-refractivity contribution in [3.05, 3.63) is 57.6 Å². The highest BCUT2D eigenvalue weighted by atomic mass is 35.5. The molecule has 0 atom stereocenters. The molecular formula is C16H16Cl2N2O2. The standard InChI is InChI=1S/C16H16Cl2N2O2/c1-2-22-15-8-12(7-14(18)16(15)21)10-20-19-9-11-3-5-13(17)6-4-11/h3-8,10,19,21H,2,9H2,1H3/b20-10-. The summed E-state index contributed by atoms with van der Waals surface area (Å²) in [5, 5.41) is 14.8. The van der Waals surface area contributed by atoms with E-state index in [1.54, 1.807) is 18.3 Å². The number of hydrogen-bond donors (Lipinski definition) is 2. The minimum atomic E-state index is -0.0604. The van der Waals surface area contributed by atoms with E-state index >= 15 is 0 Å². The van der Waals surface area contributed by atoms with Gasteiger partial charge in [0.25, 0.3) is 0 Å². The van der Waals surface area contributed by atoms with Crippen molar-refractivity contribution in [3.8, 4) is 11.5 Å². The number of phenols is 1. The van der Waals surface area contributed by atoms with E-state index in [1.807, 2.05) is 31.2 Å². The fraction of sp³-hybridized carbons (Fsp3) is 0.188. The van der Waals surface area contributed by atoms with Crippen LogP contribution in [0.2, 0.25) is 10.0 Å². The Balaban J connectivity index is 1.99. The van der Waals surface area contributed by atoms with Gasteiger partial charge in [0.2, 0.25) is 0 Å². The molecule has 6 heteroatoms. The van der Waals surface area contributed by atoms with E-state index in [4.69, 9.17) is 27.9 Å². The summed E-state index contributed by atoms with van der Waals surface area (Å²) in [6, 6.07) is 10.8. The lowest BCUT2D eigenvalue weighted by Crippen LogP contribution is -2.05. The van der Waals surface area contributed by atoms with E-state index < -0.39 is 0 Å². The maximum absolute atomic E-state index is 9.77. The van der Waals surface area contributed by atoms with Crippen LogP contribution in [0.3, 0.4) is 0 Å². The van der Waals surface area contributed by atoms with Crippen LogP contribution in [0.15, 0.2) is 41.5 Å². The number of nitrogens with zero attached hydrogens (tertiary/aromatic N) is 1. The molecule has 0 fully saturated rings. The Labute approximate surface area is 139 Å². The lowest BCUT2D eigenvalue weighted by atomic mass is 10.2. The second kappa shape index (κ2) is 7.92. The van der Waals surface area contributed by atoms with Crippen molar-refractivity contribution in [2.24, 2.45) is 5.10 Å². The molecule has 2 rings (SSSR count). The van der Waals surface area contributed by atoms with Crippen molar-refractivity contribution in [2.75, 3.05) is 6.61 Å². The molecule has 0 saturated carbocycles. The monoisotopic (exact) mass is 338 g/mol. The van der Waals surface area contributed by atoms with E-state index in [-0.39, 0.29) is 10.8 Å². The summed E-state index contributed by atoms with van der Waals surface area (Å²) in [4.78, 5) is 0. The molecule has 0 aliphatic rings. The van der Waals surface area contributed by atoms with E-state index in [1.165, 1.54) is 0 Å². The molecule has 0 spiro atoms. The van der Waals surface area contributed by atoms with Gasteiger partial charge in [-0.05, 0) is 42.3 Å². The summed E-state index contributed by atoms with van der Waals surface area (Å²) in [5.41, 5.74) is 4.74. The SMILES string of the molecule is CCOc1cc(/C=N\NCc2ccc(Cl)cc2)cc(Cl)c1O. The number of hydrazone groups is 1. The fourth-order valence-corrected chi connectivity index (χ4v) is 2.14. The quantitative estimate of drug-likeness (QED) is 0.612. The maximum Gasteiger partial charge on any atom is 0.176 e. The lowest BCUT2D eigenvalue weighted by Gasteiger charge is -2.08. The van der Waals surface area contributed by atoms with Gasteiger partial charge >= 0.3 is 0 Å². The van der Waals surface area contributed by atoms with Crippen LogP contribution in [0, 0.1) is 0 Å². The first kappa shape index (κ1) is 16.5. The van der Waals surface area contributed by atoms with Crippen LogP contribution < -0.4 is 10.2 Å². The lowest BCUT2D eigenvalue weighted by molar-refractivity contribution is 0.318. The van der Waals surface area contributed by atoms with E-state index in [0.717, 1.165) is 11.1 Å². The van der Waals surface area contributed by atoms with Crippen molar-refractivity contribution in [1.82, 2.24) is 5.43 Å². The zero-order valence-electron chi connectivity index (χ0n) is 12.0. The van der Waals surface area contributed by atoms with Crippen LogP contribution in [0.1, 0.15) is 18.1 Å². The van der Waals surface area contributed by atoms with E-state index in [0.29, 0.717) is 23.9 Å². The largest absolute Gasteiger partial charge is 0.503 e. The van der Waals surface area contributed by atoms with Crippen molar-refractivity contribution in [2.45, 2.75) is 13.5 Å². The fourth-order valence-electron chi connectivity index (χ4n) is 1.79. The van der Waals surface area contributed by atoms with Crippen LogP contribution in [0.4, 0.5) is 0 Å². The molecule has 0 aliphatic carbocycles. The van der Waals surface area contributed by atoms with Gasteiger partial charge in [-0.1, -0.05) is 35.3 Å². The van der Waals surface area contributed by atoms with Gasteiger partial charge in [-0.25, -0.2) is 0 Å². The molecule has 0 unspecified atom stereocenters. The van der Waals surface area contributed by atoms with Crippen molar-refractivity contribution >= 4 is 29.4 Å². The molecule has 0 bridgehead atoms. The number of halogens is 2. The molecular weight excluding hydrogens is 323 g/mol. The van der Waals surface area contributed by atoms with Gasteiger partial charge in [-0.2, -0.15) is 5.10 Å². The number of phenolic OH excluding ortho intramolecular Hbond substituents is 1. The van der Waals surface area contributed by atoms with Gasteiger partial charge in [0.1, 0.15) is 0 Å². The molecule has 0 amide bonds. The highest BCUT2D eigenvalue weighted by Gasteiger charge is 2.08. The molecule has 2 aromatic rings. The third-order valence-corrected chi connectivity index (χ3v) is 3.39. The summed E-state index contributed by atoms with van der Waals surface area (Å²) < 4.78 is 5.32. The minimum absolute atomic E-state index is 0.0604. The first-order chi connectivity index (χ1) is 10.6. The minimum Gasteiger partial charge on any atom is -0.503 e. The normalized spacial score (nSPS) is 10.9. The summed E-state index contributed by atoms with van der Waals surface area (Å²) in [6.45, 7) is 2.86. The first-order valence-corrected chi connectivity index (χ1v) is 7.51. The Morgan fingerprint density at radius 1 is 1.23 bits per heavy atom. The molecule has 0 saturated heterocycles. The van der Waals surface area contributed by atoms with E-state index in [9.17, 15) is 5.11 Å². The Bertz CT molecular complexity index is 658. The topological polar surface area (TPSA) is 53.8 Å². The van der Waals surface area contributed by atoms with Crippen molar-refractivity contribution < 1.29 is 9.84 Å². The van der Waals surface area contributed by atoms with Gasteiger partial charge < -0.3 is 15.3 Å². The highest BCUT2D eigenvalue weighted by molar-refractivity contribution is 6.32. The van der Waals surface area contributed by atoms with E-state index in [2.05, 4.69) is 10.5 Å². The zero-order chi connectivity index (χ0) is 15.9. The van der Waals surface area contributed by atoms with Gasteiger partial charge in [-0.15, -0.1) is 0 Å². The number of aromatic hydroxyl groups is 1. The predicted molar refractivity (Wildman–Crippen MR) is 90.2 cm³/mol. The summed E-state index contributed by atoms with van der Waals surface area (Å²) >= 11 is 11.8. The van der Waals surface area contributed by atoms with Gasteiger partial charge in [0, 0.05) is 5.02 Å². The number of rotatable bonds is 6. The number of nitrogens with one attached hydrogen (secondary N) is 1. The summed E-state index contributed by atoms with van der Waals surface area (Å²) in [7, 11) is 0. The highest BCUT2D eigenvalue weighted by Crippen LogP contribution is 2.34. The van der Waals surface area contributed by atoms with Gasteiger partial charge in [0.05, 0.1) is 24.4 Å². The Hall–Kier alpha value is -1.91. The van der Waals surface area contributed by atoms with Gasteiger partial charge in [-0.3, -0.25) is 0 Å². The molecule has 2 N–H and O–H groups in total. The molecule has 22 heavy (non-hydrogen) atoms. The second-order valence-corrected chi connectivity index (χ2v) is 5.35. The Kier molecular flexibility index (Phi) is 5.92. The predicted octanol–water partition coefficient (Wildman–Crippen LogP) is 4.22. The van der Waals surface area contributed by atoms with Gasteiger partial charge in [0.15, 0.2) is 11.5 Å². The third-order valence-electron chi connectivity index (χ3n) is 2.85. The number of ether oxygens (including phenoxy) is 1. The smallest absolute Gasteiger partial charge is 0.176 e. The van der Waals surface area contributed by atoms with Crippen molar-refractivity contribution in [1.29, 1.82) is 0 Å². The number of benzene rings is 2. The Morgan fingerprint density at radius 3 is 2.64 bits per heavy atom. The molecule has 0 radical (unpaired) electrons. The average Bonchev–Trinajstić information content (AvgIpc) is 2.50.